The highest BCUT2D eigenvalue weighted by molar-refractivity contribution is 6.35. The number of rotatable bonds is 10. The Hall–Kier alpha value is -3.18. The molecule has 0 fully saturated rings. The Kier molecular flexibility index (Phi) is 9.05. The molecule has 2 aromatic carbocycles. The third kappa shape index (κ3) is 7.66. The lowest BCUT2D eigenvalue weighted by atomic mass is 10.0. The van der Waals surface area contributed by atoms with Gasteiger partial charge >= 0.3 is 5.97 Å². The van der Waals surface area contributed by atoms with Gasteiger partial charge in [0.25, 0.3) is 5.91 Å². The first kappa shape index (κ1) is 26.4. The third-order valence-electron chi connectivity index (χ3n) is 4.77. The van der Waals surface area contributed by atoms with Crippen molar-refractivity contribution in [1.82, 2.24) is 25.6 Å². The summed E-state index contributed by atoms with van der Waals surface area (Å²) in [4.78, 5) is 25.1. The van der Waals surface area contributed by atoms with Crippen LogP contribution in [0.3, 0.4) is 0 Å². The Labute approximate surface area is 211 Å². The van der Waals surface area contributed by atoms with Crippen molar-refractivity contribution in [2.24, 2.45) is 5.92 Å². The fraction of sp³-hybridized carbons (Fsp3) is 0.304. The van der Waals surface area contributed by atoms with Crippen LogP contribution >= 0.6 is 23.2 Å². The number of nitrogens with one attached hydrogen (secondary N) is 1. The fourth-order valence-electron chi connectivity index (χ4n) is 3.07. The summed E-state index contributed by atoms with van der Waals surface area (Å²) in [5, 5.41) is 28.9. The maximum atomic E-state index is 12.5. The van der Waals surface area contributed by atoms with Crippen molar-refractivity contribution in [3.05, 3.63) is 70.0 Å². The molecule has 1 heterocycles. The summed E-state index contributed by atoms with van der Waals surface area (Å²) >= 11 is 12.4. The highest BCUT2D eigenvalue weighted by Gasteiger charge is 2.23. The number of benzene rings is 2. The monoisotopic (exact) mass is 521 g/mol. The number of nitrogens with zero attached hydrogens (tertiary/aromatic N) is 4. The van der Waals surface area contributed by atoms with Crippen molar-refractivity contribution in [3.63, 3.8) is 0 Å². The number of carbonyl (C=O) groups is 2. The molecule has 0 radical (unpaired) electrons. The van der Waals surface area contributed by atoms with Crippen molar-refractivity contribution in [2.45, 2.75) is 26.5 Å². The number of aliphatic hydroxyl groups excluding tert-OH is 1. The van der Waals surface area contributed by atoms with Crippen LogP contribution in [0, 0.1) is 5.92 Å². The summed E-state index contributed by atoms with van der Waals surface area (Å²) in [6.07, 6.45) is -0.489. The second kappa shape index (κ2) is 12.0. The highest BCUT2D eigenvalue weighted by atomic mass is 35.5. The summed E-state index contributed by atoms with van der Waals surface area (Å²) < 4.78 is 5.08. The lowest BCUT2D eigenvalue weighted by Crippen LogP contribution is -2.47. The average molecular weight is 522 g/mol. The van der Waals surface area contributed by atoms with Gasteiger partial charge in [-0.2, -0.15) is 0 Å². The van der Waals surface area contributed by atoms with Crippen LogP contribution in [-0.4, -0.2) is 61.6 Å². The number of ether oxygens (including phenoxy) is 1. The van der Waals surface area contributed by atoms with Gasteiger partial charge in [0.2, 0.25) is 0 Å². The Morgan fingerprint density at radius 2 is 1.89 bits per heavy atom. The minimum Gasteiger partial charge on any atom is -0.463 e. The number of halogens is 2. The van der Waals surface area contributed by atoms with Gasteiger partial charge in [-0.15, -0.1) is 5.10 Å². The van der Waals surface area contributed by atoms with E-state index in [1.807, 2.05) is 38.1 Å². The van der Waals surface area contributed by atoms with Gasteiger partial charge in [-0.25, -0.2) is 9.80 Å². The first-order valence-corrected chi connectivity index (χ1v) is 11.4. The van der Waals surface area contributed by atoms with Crippen molar-refractivity contribution in [3.8, 4) is 11.1 Å². The minimum absolute atomic E-state index is 0.106. The van der Waals surface area contributed by atoms with E-state index in [9.17, 15) is 19.9 Å². The zero-order chi connectivity index (χ0) is 25.5. The van der Waals surface area contributed by atoms with E-state index in [-0.39, 0.29) is 31.3 Å². The average Bonchev–Trinajstić information content (AvgIpc) is 3.26. The van der Waals surface area contributed by atoms with Crippen LogP contribution in [0.25, 0.3) is 11.1 Å². The van der Waals surface area contributed by atoms with E-state index in [4.69, 9.17) is 27.9 Å². The highest BCUT2D eigenvalue weighted by Crippen LogP contribution is 2.30. The number of esters is 1. The zero-order valence-corrected chi connectivity index (χ0v) is 20.6. The topological polar surface area (TPSA) is 130 Å². The molecule has 3 aromatic rings. The van der Waals surface area contributed by atoms with E-state index < -0.39 is 18.0 Å². The molecule has 1 atom stereocenters. The van der Waals surface area contributed by atoms with Gasteiger partial charge in [-0.3, -0.25) is 10.2 Å². The Morgan fingerprint density at radius 3 is 2.51 bits per heavy atom. The maximum absolute atomic E-state index is 12.5. The molecule has 0 aliphatic heterocycles. The number of hydrogen-bond donors (Lipinski definition) is 3. The zero-order valence-electron chi connectivity index (χ0n) is 19.1. The molecule has 0 bridgehead atoms. The molecule has 10 nitrogen and oxygen atoms in total. The Balaban J connectivity index is 1.75. The van der Waals surface area contributed by atoms with Crippen LogP contribution in [0.1, 0.15) is 29.9 Å². The second-order valence-corrected chi connectivity index (χ2v) is 9.05. The molecule has 0 saturated carbocycles. The van der Waals surface area contributed by atoms with E-state index in [2.05, 4.69) is 15.7 Å². The molecule has 0 aliphatic carbocycles. The molecule has 0 spiro atoms. The second-order valence-electron chi connectivity index (χ2n) is 8.21. The first-order chi connectivity index (χ1) is 16.6. The standard InChI is InChI=1S/C23H25Cl2N5O5/c1-14(2)13-35-23(33)21(31)12-29(27-22(32)20-11-30(34)28-26-20)10-15-3-5-16(6-4-15)18-9-17(24)7-8-19(18)25/h3-9,11,14,21,31,34H,10,12-13H2,1-2H3,(H,27,32)/t21-/m1/s1. The summed E-state index contributed by atoms with van der Waals surface area (Å²) in [5.74, 6) is -1.38. The van der Waals surface area contributed by atoms with Gasteiger partial charge < -0.3 is 15.1 Å². The maximum Gasteiger partial charge on any atom is 0.336 e. The van der Waals surface area contributed by atoms with Crippen molar-refractivity contribution in [2.75, 3.05) is 13.2 Å². The van der Waals surface area contributed by atoms with Gasteiger partial charge in [0, 0.05) is 22.2 Å². The molecular formula is C23H25Cl2N5O5. The summed E-state index contributed by atoms with van der Waals surface area (Å²) in [5.41, 5.74) is 4.79. The predicted molar refractivity (Wildman–Crippen MR) is 129 cm³/mol. The van der Waals surface area contributed by atoms with Gasteiger partial charge in [0.15, 0.2) is 11.8 Å². The molecule has 3 rings (SSSR count). The van der Waals surface area contributed by atoms with E-state index in [0.29, 0.717) is 14.9 Å². The molecule has 186 valence electrons. The quantitative estimate of drug-likeness (QED) is 0.210. The van der Waals surface area contributed by atoms with Crippen LogP contribution in [0.2, 0.25) is 10.0 Å². The minimum atomic E-state index is -1.51. The Morgan fingerprint density at radius 1 is 1.17 bits per heavy atom. The number of amides is 1. The number of aromatic nitrogens is 3. The van der Waals surface area contributed by atoms with Gasteiger partial charge in [0.1, 0.15) is 0 Å². The fourth-order valence-corrected chi connectivity index (χ4v) is 3.47. The van der Waals surface area contributed by atoms with Crippen LogP contribution in [0.5, 0.6) is 0 Å². The molecular weight excluding hydrogens is 497 g/mol. The molecule has 1 amide bonds. The lowest BCUT2D eigenvalue weighted by molar-refractivity contribution is -0.156. The van der Waals surface area contributed by atoms with E-state index in [0.717, 1.165) is 22.9 Å². The molecule has 35 heavy (non-hydrogen) atoms. The SMILES string of the molecule is CC(C)COC(=O)[C@H](O)CN(Cc1ccc(-c2cc(Cl)ccc2Cl)cc1)NC(=O)c1cn(O)nn1. The number of hydrogen-bond acceptors (Lipinski definition) is 8. The Bertz CT molecular complexity index is 1170. The first-order valence-electron chi connectivity index (χ1n) is 10.7. The summed E-state index contributed by atoms with van der Waals surface area (Å²) in [6, 6.07) is 12.5. The molecule has 12 heteroatoms. The molecule has 0 unspecified atom stereocenters. The predicted octanol–water partition coefficient (Wildman–Crippen LogP) is 3.20. The third-order valence-corrected chi connectivity index (χ3v) is 5.33. The number of aliphatic hydroxyl groups is 1. The summed E-state index contributed by atoms with van der Waals surface area (Å²) in [7, 11) is 0. The molecule has 3 N–H and O–H groups in total. The van der Waals surface area contributed by atoms with Crippen molar-refractivity contribution in [1.29, 1.82) is 0 Å². The van der Waals surface area contributed by atoms with Crippen LogP contribution in [-0.2, 0) is 16.1 Å². The molecule has 0 saturated heterocycles. The van der Waals surface area contributed by atoms with Crippen molar-refractivity contribution >= 4 is 35.1 Å². The lowest BCUT2D eigenvalue weighted by Gasteiger charge is -2.25. The van der Waals surface area contributed by atoms with Crippen LogP contribution < -0.4 is 5.43 Å². The smallest absolute Gasteiger partial charge is 0.336 e. The van der Waals surface area contributed by atoms with Gasteiger partial charge in [0.05, 0.1) is 19.3 Å². The van der Waals surface area contributed by atoms with Gasteiger partial charge in [-0.1, -0.05) is 66.2 Å². The van der Waals surface area contributed by atoms with E-state index in [1.54, 1.807) is 18.2 Å². The van der Waals surface area contributed by atoms with Crippen LogP contribution in [0.15, 0.2) is 48.7 Å². The largest absolute Gasteiger partial charge is 0.463 e. The van der Waals surface area contributed by atoms with E-state index >= 15 is 0 Å². The van der Waals surface area contributed by atoms with E-state index in [1.165, 1.54) is 5.01 Å². The number of hydrazine groups is 1. The van der Waals surface area contributed by atoms with Crippen LogP contribution in [0.4, 0.5) is 0 Å². The molecule has 1 aromatic heterocycles. The normalized spacial score (nSPS) is 12.1. The molecule has 0 aliphatic rings. The van der Waals surface area contributed by atoms with Crippen molar-refractivity contribution < 1.29 is 24.6 Å². The van der Waals surface area contributed by atoms with Gasteiger partial charge in [-0.05, 0) is 40.5 Å². The number of carbonyl (C=O) groups excluding carboxylic acids is 2. The summed E-state index contributed by atoms with van der Waals surface area (Å²) in [6.45, 7) is 3.80.